The number of aromatic nitrogens is 1. The first-order chi connectivity index (χ1) is 9.65. The normalized spacial score (nSPS) is 26.7. The number of nitrogens with zero attached hydrogens (tertiary/aromatic N) is 1. The second-order valence-corrected chi connectivity index (χ2v) is 5.92. The van der Waals surface area contributed by atoms with E-state index in [2.05, 4.69) is 4.98 Å². The number of ether oxygens (including phenoxy) is 2. The van der Waals surface area contributed by atoms with Crippen LogP contribution >= 0.6 is 11.6 Å². The molecule has 1 aromatic rings. The zero-order chi connectivity index (χ0) is 14.2. The van der Waals surface area contributed by atoms with Crippen LogP contribution in [0.1, 0.15) is 43.0 Å². The zero-order valence-corrected chi connectivity index (χ0v) is 12.2. The Labute approximate surface area is 123 Å². The van der Waals surface area contributed by atoms with Crippen molar-refractivity contribution in [1.82, 2.24) is 4.98 Å². The standard InChI is InChI=1S/C15H18ClNO3/c1-2-19-11-8-12(15(11)6-3-7-15)20-14(18)10-4-5-13(16)17-9-10/h4-5,9,11-12H,2-3,6-8H2,1H3/t11-,12-/m1/s1. The molecular formula is C15H18ClNO3. The lowest BCUT2D eigenvalue weighted by atomic mass is 9.52. The van der Waals surface area contributed by atoms with Gasteiger partial charge in [-0.3, -0.25) is 0 Å². The van der Waals surface area contributed by atoms with Gasteiger partial charge in [0.25, 0.3) is 0 Å². The van der Waals surface area contributed by atoms with Gasteiger partial charge in [-0.15, -0.1) is 0 Å². The first-order valence-corrected chi connectivity index (χ1v) is 7.47. The Morgan fingerprint density at radius 3 is 2.80 bits per heavy atom. The summed E-state index contributed by atoms with van der Waals surface area (Å²) in [5, 5.41) is 0.372. The summed E-state index contributed by atoms with van der Waals surface area (Å²) in [6.45, 7) is 2.72. The number of pyridine rings is 1. The molecule has 3 rings (SSSR count). The molecule has 1 aromatic heterocycles. The maximum atomic E-state index is 12.1. The van der Waals surface area contributed by atoms with E-state index in [1.165, 1.54) is 12.6 Å². The summed E-state index contributed by atoms with van der Waals surface area (Å²) in [5.41, 5.74) is 0.523. The molecule has 0 N–H and O–H groups in total. The summed E-state index contributed by atoms with van der Waals surface area (Å²) in [6, 6.07) is 3.24. The van der Waals surface area contributed by atoms with Gasteiger partial charge in [0.2, 0.25) is 0 Å². The van der Waals surface area contributed by atoms with E-state index in [4.69, 9.17) is 21.1 Å². The Hall–Kier alpha value is -1.13. The van der Waals surface area contributed by atoms with E-state index in [1.54, 1.807) is 12.1 Å². The molecule has 2 atom stereocenters. The highest BCUT2D eigenvalue weighted by atomic mass is 35.5. The smallest absolute Gasteiger partial charge is 0.339 e. The molecule has 0 bridgehead atoms. The van der Waals surface area contributed by atoms with Gasteiger partial charge in [0, 0.05) is 24.6 Å². The number of hydrogen-bond acceptors (Lipinski definition) is 4. The van der Waals surface area contributed by atoms with E-state index in [1.807, 2.05) is 6.92 Å². The highest BCUT2D eigenvalue weighted by molar-refractivity contribution is 6.29. The van der Waals surface area contributed by atoms with Crippen molar-refractivity contribution in [1.29, 1.82) is 0 Å². The van der Waals surface area contributed by atoms with E-state index in [0.29, 0.717) is 17.3 Å². The van der Waals surface area contributed by atoms with Gasteiger partial charge in [0.1, 0.15) is 11.3 Å². The van der Waals surface area contributed by atoms with Crippen molar-refractivity contribution >= 4 is 17.6 Å². The SMILES string of the molecule is CCO[C@@H]1C[C@@H](OC(=O)c2ccc(Cl)nc2)C12CCC2. The van der Waals surface area contributed by atoms with E-state index >= 15 is 0 Å². The lowest BCUT2D eigenvalue weighted by Gasteiger charge is -2.59. The Morgan fingerprint density at radius 1 is 1.45 bits per heavy atom. The molecule has 1 spiro atoms. The van der Waals surface area contributed by atoms with Crippen LogP contribution in [0.15, 0.2) is 18.3 Å². The number of carbonyl (C=O) groups is 1. The summed E-state index contributed by atoms with van der Waals surface area (Å²) >= 11 is 5.71. The Balaban J connectivity index is 1.64. The van der Waals surface area contributed by atoms with Crippen molar-refractivity contribution in [3.05, 3.63) is 29.0 Å². The average molecular weight is 296 g/mol. The monoisotopic (exact) mass is 295 g/mol. The third-order valence-electron chi connectivity index (χ3n) is 4.58. The molecule has 1 heterocycles. The van der Waals surface area contributed by atoms with Crippen LogP contribution in [0.5, 0.6) is 0 Å². The fourth-order valence-corrected chi connectivity index (χ4v) is 3.35. The molecule has 5 heteroatoms. The van der Waals surface area contributed by atoms with Crippen LogP contribution in [0.4, 0.5) is 0 Å². The fourth-order valence-electron chi connectivity index (χ4n) is 3.23. The Morgan fingerprint density at radius 2 is 2.25 bits per heavy atom. The molecule has 0 amide bonds. The van der Waals surface area contributed by atoms with Gasteiger partial charge >= 0.3 is 5.97 Å². The van der Waals surface area contributed by atoms with Crippen molar-refractivity contribution in [3.63, 3.8) is 0 Å². The molecule has 0 aliphatic heterocycles. The fraction of sp³-hybridized carbons (Fsp3) is 0.600. The molecule has 2 aliphatic rings. The van der Waals surface area contributed by atoms with Crippen molar-refractivity contribution in [3.8, 4) is 0 Å². The molecule has 0 saturated heterocycles. The number of carbonyl (C=O) groups excluding carboxylic acids is 1. The number of hydrogen-bond donors (Lipinski definition) is 0. The molecule has 2 fully saturated rings. The molecule has 2 aliphatic carbocycles. The number of halogens is 1. The summed E-state index contributed by atoms with van der Waals surface area (Å²) < 4.78 is 11.4. The summed E-state index contributed by atoms with van der Waals surface area (Å²) in [7, 11) is 0. The van der Waals surface area contributed by atoms with Gasteiger partial charge in [0.15, 0.2) is 0 Å². The van der Waals surface area contributed by atoms with Crippen LogP contribution in [-0.2, 0) is 9.47 Å². The number of esters is 1. The quantitative estimate of drug-likeness (QED) is 0.632. The van der Waals surface area contributed by atoms with Crippen LogP contribution < -0.4 is 0 Å². The molecule has 0 radical (unpaired) electrons. The zero-order valence-electron chi connectivity index (χ0n) is 11.5. The minimum Gasteiger partial charge on any atom is -0.458 e. The maximum Gasteiger partial charge on any atom is 0.339 e. The molecule has 20 heavy (non-hydrogen) atoms. The Kier molecular flexibility index (Phi) is 3.69. The van der Waals surface area contributed by atoms with Crippen LogP contribution in [-0.4, -0.2) is 29.8 Å². The second-order valence-electron chi connectivity index (χ2n) is 5.53. The van der Waals surface area contributed by atoms with Gasteiger partial charge in [-0.25, -0.2) is 9.78 Å². The second kappa shape index (κ2) is 5.34. The molecule has 0 aromatic carbocycles. The van der Waals surface area contributed by atoms with Gasteiger partial charge in [-0.05, 0) is 31.9 Å². The molecular weight excluding hydrogens is 278 g/mol. The van der Waals surface area contributed by atoms with Gasteiger partial charge in [0.05, 0.1) is 11.7 Å². The molecule has 108 valence electrons. The van der Waals surface area contributed by atoms with Gasteiger partial charge in [-0.1, -0.05) is 18.0 Å². The number of rotatable bonds is 4. The largest absolute Gasteiger partial charge is 0.458 e. The highest BCUT2D eigenvalue weighted by Crippen LogP contribution is 2.58. The first-order valence-electron chi connectivity index (χ1n) is 7.10. The van der Waals surface area contributed by atoms with Crippen molar-refractivity contribution in [2.45, 2.75) is 44.8 Å². The molecule has 2 saturated carbocycles. The summed E-state index contributed by atoms with van der Waals surface area (Å²) in [6.07, 6.45) is 5.87. The lowest BCUT2D eigenvalue weighted by Crippen LogP contribution is -2.63. The van der Waals surface area contributed by atoms with E-state index in [-0.39, 0.29) is 23.6 Å². The lowest BCUT2D eigenvalue weighted by molar-refractivity contribution is -0.225. The van der Waals surface area contributed by atoms with E-state index < -0.39 is 0 Å². The van der Waals surface area contributed by atoms with Gasteiger partial charge in [-0.2, -0.15) is 0 Å². The summed E-state index contributed by atoms with van der Waals surface area (Å²) in [5.74, 6) is -0.319. The van der Waals surface area contributed by atoms with Crippen LogP contribution in [0.3, 0.4) is 0 Å². The minimum atomic E-state index is -0.319. The van der Waals surface area contributed by atoms with Crippen molar-refractivity contribution in [2.24, 2.45) is 5.41 Å². The third kappa shape index (κ3) is 2.21. The van der Waals surface area contributed by atoms with Crippen molar-refractivity contribution < 1.29 is 14.3 Å². The molecule has 0 unspecified atom stereocenters. The topological polar surface area (TPSA) is 48.4 Å². The maximum absolute atomic E-state index is 12.1. The summed E-state index contributed by atoms with van der Waals surface area (Å²) in [4.78, 5) is 16.0. The predicted molar refractivity (Wildman–Crippen MR) is 74.8 cm³/mol. The Bertz CT molecular complexity index is 498. The van der Waals surface area contributed by atoms with Crippen molar-refractivity contribution in [2.75, 3.05) is 6.61 Å². The molecule has 4 nitrogen and oxygen atoms in total. The first kappa shape index (κ1) is 13.8. The van der Waals surface area contributed by atoms with Gasteiger partial charge < -0.3 is 9.47 Å². The highest BCUT2D eigenvalue weighted by Gasteiger charge is 2.61. The van der Waals surface area contributed by atoms with Crippen LogP contribution in [0.25, 0.3) is 0 Å². The minimum absolute atomic E-state index is 0.0176. The predicted octanol–water partition coefficient (Wildman–Crippen LogP) is 3.24. The van der Waals surface area contributed by atoms with Crippen LogP contribution in [0, 0.1) is 5.41 Å². The van der Waals surface area contributed by atoms with Crippen LogP contribution in [0.2, 0.25) is 5.15 Å². The van der Waals surface area contributed by atoms with E-state index in [9.17, 15) is 4.79 Å². The van der Waals surface area contributed by atoms with E-state index in [0.717, 1.165) is 19.3 Å². The third-order valence-corrected chi connectivity index (χ3v) is 4.80. The average Bonchev–Trinajstić information content (AvgIpc) is 2.36.